The van der Waals surface area contributed by atoms with E-state index in [0.717, 1.165) is 34.5 Å². The van der Waals surface area contributed by atoms with Crippen molar-refractivity contribution in [3.63, 3.8) is 0 Å². The molecule has 0 saturated heterocycles. The number of ether oxygens (including phenoxy) is 1. The summed E-state index contributed by atoms with van der Waals surface area (Å²) >= 11 is 0. The molecule has 1 atom stereocenters. The highest BCUT2D eigenvalue weighted by Gasteiger charge is 2.29. The van der Waals surface area contributed by atoms with Gasteiger partial charge >= 0.3 is 0 Å². The van der Waals surface area contributed by atoms with Crippen LogP contribution in [0.25, 0.3) is 5.57 Å². The van der Waals surface area contributed by atoms with E-state index in [-0.39, 0.29) is 6.04 Å². The summed E-state index contributed by atoms with van der Waals surface area (Å²) in [6.07, 6.45) is 4.64. The number of amides is 1. The van der Waals surface area contributed by atoms with Crippen LogP contribution in [-0.2, 0) is 4.79 Å². The lowest BCUT2D eigenvalue weighted by Crippen LogP contribution is -2.30. The van der Waals surface area contributed by atoms with Crippen LogP contribution in [0.3, 0.4) is 0 Å². The number of pyridine rings is 1. The quantitative estimate of drug-likeness (QED) is 0.333. The Hall–Kier alpha value is -4.58. The summed E-state index contributed by atoms with van der Waals surface area (Å²) < 4.78 is 5.92. The Balaban J connectivity index is 1.53. The maximum absolute atomic E-state index is 12.1. The second-order valence-corrected chi connectivity index (χ2v) is 7.77. The van der Waals surface area contributed by atoms with Crippen molar-refractivity contribution in [1.82, 2.24) is 4.98 Å². The number of fused-ring (bicyclic) bond motifs is 1. The van der Waals surface area contributed by atoms with Crippen molar-refractivity contribution < 1.29 is 9.53 Å². The number of hydrogen-bond acceptors (Lipinski definition) is 5. The van der Waals surface area contributed by atoms with Gasteiger partial charge in [0.2, 0.25) is 6.41 Å². The Labute approximate surface area is 191 Å². The molecule has 0 saturated carbocycles. The predicted molar refractivity (Wildman–Crippen MR) is 131 cm³/mol. The zero-order chi connectivity index (χ0) is 22.8. The van der Waals surface area contributed by atoms with Crippen molar-refractivity contribution >= 4 is 29.0 Å². The number of carbonyl (C=O) groups excluding carboxylic acids is 1. The average molecular weight is 434 g/mol. The second-order valence-electron chi connectivity index (χ2n) is 7.77. The van der Waals surface area contributed by atoms with Crippen molar-refractivity contribution in [1.29, 1.82) is 0 Å². The van der Waals surface area contributed by atoms with Gasteiger partial charge in [0.15, 0.2) is 0 Å². The van der Waals surface area contributed by atoms with Gasteiger partial charge in [-0.3, -0.25) is 9.78 Å². The minimum atomic E-state index is -0.277. The van der Waals surface area contributed by atoms with E-state index in [1.54, 1.807) is 23.2 Å². The number of benzene rings is 3. The molecule has 0 spiro atoms. The monoisotopic (exact) mass is 434 g/mol. The number of carbonyl (C=O) groups is 1. The SMILES string of the molecule is Nc1ccc(Oc2ccc(C3=CC(c4ccc(N)cc4)N(C=O)c4cccnc43)cc2)cc1. The van der Waals surface area contributed by atoms with Crippen LogP contribution < -0.4 is 21.1 Å². The first-order chi connectivity index (χ1) is 16.1. The third kappa shape index (κ3) is 4.02. The standard InChI is InChI=1S/C27H22N4O2/c28-20-7-3-19(4-8-20)26-16-24(27-25(31(26)17-32)2-1-15-30-27)18-5-11-22(12-6-18)33-23-13-9-21(29)10-14-23/h1-17,26H,28-29H2. The molecule has 1 amide bonds. The van der Waals surface area contributed by atoms with Crippen LogP contribution in [0.5, 0.6) is 11.5 Å². The van der Waals surface area contributed by atoms with Crippen molar-refractivity contribution in [2.75, 3.05) is 16.4 Å². The van der Waals surface area contributed by atoms with Crippen LogP contribution in [0.2, 0.25) is 0 Å². The largest absolute Gasteiger partial charge is 0.457 e. The van der Waals surface area contributed by atoms with Gasteiger partial charge in [0, 0.05) is 23.1 Å². The van der Waals surface area contributed by atoms with Crippen LogP contribution in [-0.4, -0.2) is 11.4 Å². The topological polar surface area (TPSA) is 94.5 Å². The summed E-state index contributed by atoms with van der Waals surface area (Å²) in [5, 5.41) is 0. The Kier molecular flexibility index (Phi) is 5.24. The number of nitrogen functional groups attached to an aromatic ring is 2. The molecule has 0 aliphatic carbocycles. The van der Waals surface area contributed by atoms with E-state index in [1.165, 1.54) is 0 Å². The number of rotatable bonds is 5. The van der Waals surface area contributed by atoms with E-state index in [1.807, 2.05) is 72.8 Å². The van der Waals surface area contributed by atoms with Gasteiger partial charge in [-0.05, 0) is 77.9 Å². The zero-order valence-corrected chi connectivity index (χ0v) is 17.8. The Morgan fingerprint density at radius 2 is 1.42 bits per heavy atom. The number of aromatic nitrogens is 1. The molecule has 4 aromatic rings. The van der Waals surface area contributed by atoms with Crippen LogP contribution in [0, 0.1) is 0 Å². The third-order valence-corrected chi connectivity index (χ3v) is 5.62. The molecule has 6 heteroatoms. The van der Waals surface area contributed by atoms with Crippen molar-refractivity contribution in [3.8, 4) is 11.5 Å². The van der Waals surface area contributed by atoms with Gasteiger partial charge in [-0.25, -0.2) is 0 Å². The van der Waals surface area contributed by atoms with Gasteiger partial charge in [0.1, 0.15) is 11.5 Å². The first-order valence-corrected chi connectivity index (χ1v) is 10.5. The highest BCUT2D eigenvalue weighted by atomic mass is 16.5. The van der Waals surface area contributed by atoms with Crippen molar-refractivity contribution in [2.24, 2.45) is 0 Å². The normalized spacial score (nSPS) is 14.8. The van der Waals surface area contributed by atoms with Gasteiger partial charge in [0.25, 0.3) is 0 Å². The lowest BCUT2D eigenvalue weighted by atomic mass is 9.91. The zero-order valence-electron chi connectivity index (χ0n) is 17.8. The van der Waals surface area contributed by atoms with Crippen LogP contribution in [0.4, 0.5) is 17.1 Å². The fourth-order valence-electron chi connectivity index (χ4n) is 3.96. The van der Waals surface area contributed by atoms with Crippen LogP contribution >= 0.6 is 0 Å². The Morgan fingerprint density at radius 3 is 2.06 bits per heavy atom. The number of nitrogens with zero attached hydrogens (tertiary/aromatic N) is 2. The van der Waals surface area contributed by atoms with E-state index < -0.39 is 0 Å². The first-order valence-electron chi connectivity index (χ1n) is 10.5. The maximum atomic E-state index is 12.1. The Bertz CT molecular complexity index is 1310. The summed E-state index contributed by atoms with van der Waals surface area (Å²) in [4.78, 5) is 18.4. The molecular formula is C27H22N4O2. The van der Waals surface area contributed by atoms with Gasteiger partial charge < -0.3 is 21.1 Å². The first kappa shape index (κ1) is 20.3. The fourth-order valence-corrected chi connectivity index (χ4v) is 3.96. The highest BCUT2D eigenvalue weighted by molar-refractivity contribution is 5.93. The molecule has 3 aromatic carbocycles. The minimum absolute atomic E-state index is 0.277. The summed E-state index contributed by atoms with van der Waals surface area (Å²) in [5.41, 5.74) is 17.4. The van der Waals surface area contributed by atoms with E-state index >= 15 is 0 Å². The molecule has 1 aliphatic rings. The molecule has 1 unspecified atom stereocenters. The molecule has 33 heavy (non-hydrogen) atoms. The molecule has 0 radical (unpaired) electrons. The maximum Gasteiger partial charge on any atom is 0.215 e. The van der Waals surface area contributed by atoms with Gasteiger partial charge in [-0.2, -0.15) is 0 Å². The third-order valence-electron chi connectivity index (χ3n) is 5.62. The number of nitrogens with two attached hydrogens (primary N) is 2. The van der Waals surface area contributed by atoms with E-state index in [4.69, 9.17) is 16.2 Å². The van der Waals surface area contributed by atoms with E-state index in [2.05, 4.69) is 11.1 Å². The minimum Gasteiger partial charge on any atom is -0.457 e. The summed E-state index contributed by atoms with van der Waals surface area (Å²) in [7, 11) is 0. The molecule has 1 aliphatic heterocycles. The number of hydrogen-bond donors (Lipinski definition) is 2. The summed E-state index contributed by atoms with van der Waals surface area (Å²) in [6.45, 7) is 0. The summed E-state index contributed by atoms with van der Waals surface area (Å²) in [6, 6.07) is 26.1. The van der Waals surface area contributed by atoms with Crippen LogP contribution in [0.15, 0.2) is 97.2 Å². The van der Waals surface area contributed by atoms with E-state index in [0.29, 0.717) is 22.9 Å². The van der Waals surface area contributed by atoms with Gasteiger partial charge in [0.05, 0.1) is 17.4 Å². The Morgan fingerprint density at radius 1 is 0.818 bits per heavy atom. The number of anilines is 3. The molecule has 6 nitrogen and oxygen atoms in total. The lowest BCUT2D eigenvalue weighted by molar-refractivity contribution is -0.107. The molecule has 0 fully saturated rings. The van der Waals surface area contributed by atoms with Crippen molar-refractivity contribution in [2.45, 2.75) is 6.04 Å². The van der Waals surface area contributed by atoms with E-state index in [9.17, 15) is 4.79 Å². The molecular weight excluding hydrogens is 412 g/mol. The molecule has 4 N–H and O–H groups in total. The van der Waals surface area contributed by atoms with Gasteiger partial charge in [-0.15, -0.1) is 0 Å². The molecule has 0 bridgehead atoms. The molecule has 2 heterocycles. The second kappa shape index (κ2) is 8.51. The average Bonchev–Trinajstić information content (AvgIpc) is 2.85. The lowest BCUT2D eigenvalue weighted by Gasteiger charge is -2.33. The molecule has 1 aromatic heterocycles. The fraction of sp³-hybridized carbons (Fsp3) is 0.0370. The summed E-state index contributed by atoms with van der Waals surface area (Å²) in [5.74, 6) is 1.43. The highest BCUT2D eigenvalue weighted by Crippen LogP contribution is 2.41. The van der Waals surface area contributed by atoms with Crippen molar-refractivity contribution in [3.05, 3.63) is 114 Å². The van der Waals surface area contributed by atoms with Crippen LogP contribution in [0.1, 0.15) is 22.9 Å². The smallest absolute Gasteiger partial charge is 0.215 e. The van der Waals surface area contributed by atoms with Gasteiger partial charge in [-0.1, -0.05) is 24.3 Å². The molecule has 5 rings (SSSR count). The molecule has 162 valence electrons. The predicted octanol–water partition coefficient (Wildman–Crippen LogP) is 5.19.